The van der Waals surface area contributed by atoms with Crippen LogP contribution in [0.15, 0.2) is 12.5 Å². The number of aryl methyl sites for hydroxylation is 1. The van der Waals surface area contributed by atoms with Crippen LogP contribution in [0.4, 0.5) is 0 Å². The second kappa shape index (κ2) is 5.49. The third kappa shape index (κ3) is 2.88. The van der Waals surface area contributed by atoms with E-state index in [9.17, 15) is 4.79 Å². The van der Waals surface area contributed by atoms with Crippen LogP contribution in [0, 0.1) is 0 Å². The van der Waals surface area contributed by atoms with Crippen LogP contribution in [-0.2, 0) is 11.8 Å². The van der Waals surface area contributed by atoms with Crippen LogP contribution in [0.25, 0.3) is 0 Å². The zero-order valence-corrected chi connectivity index (χ0v) is 10.9. The zero-order valence-electron chi connectivity index (χ0n) is 10.9. The molecule has 18 heavy (non-hydrogen) atoms. The van der Waals surface area contributed by atoms with E-state index in [1.165, 1.54) is 0 Å². The summed E-state index contributed by atoms with van der Waals surface area (Å²) >= 11 is 0. The Morgan fingerprint density at radius 2 is 2.06 bits per heavy atom. The van der Waals surface area contributed by atoms with Crippen molar-refractivity contribution >= 4 is 5.97 Å². The van der Waals surface area contributed by atoms with E-state index in [0.29, 0.717) is 0 Å². The van der Waals surface area contributed by atoms with E-state index in [1.54, 1.807) is 12.5 Å². The van der Waals surface area contributed by atoms with Gasteiger partial charge in [-0.05, 0) is 7.05 Å². The summed E-state index contributed by atoms with van der Waals surface area (Å²) in [6.45, 7) is 3.77. The lowest BCUT2D eigenvalue weighted by Gasteiger charge is -2.37. The van der Waals surface area contributed by atoms with Gasteiger partial charge in [-0.2, -0.15) is 0 Å². The smallest absolute Gasteiger partial charge is 0.305 e. The Kier molecular flexibility index (Phi) is 3.98. The number of hydrogen-bond acceptors (Lipinski definition) is 4. The molecule has 1 aromatic heterocycles. The summed E-state index contributed by atoms with van der Waals surface area (Å²) in [7, 11) is 4.00. The molecule has 1 unspecified atom stereocenters. The third-order valence-electron chi connectivity index (χ3n) is 3.54. The third-order valence-corrected chi connectivity index (χ3v) is 3.54. The SMILES string of the molecule is CN1CCN(C(CC(=O)O)c2cncn2C)CC1. The average Bonchev–Trinajstić information content (AvgIpc) is 2.73. The Labute approximate surface area is 107 Å². The molecule has 0 spiro atoms. The van der Waals surface area contributed by atoms with Crippen LogP contribution < -0.4 is 0 Å². The molecular formula is C12H20N4O2. The molecule has 2 heterocycles. The number of carbonyl (C=O) groups is 1. The van der Waals surface area contributed by atoms with Crippen LogP contribution in [0.2, 0.25) is 0 Å². The average molecular weight is 252 g/mol. The predicted molar refractivity (Wildman–Crippen MR) is 67.3 cm³/mol. The second-order valence-electron chi connectivity index (χ2n) is 4.88. The molecule has 0 saturated carbocycles. The molecule has 6 heteroatoms. The fourth-order valence-electron chi connectivity index (χ4n) is 2.41. The number of rotatable bonds is 4. The van der Waals surface area contributed by atoms with E-state index >= 15 is 0 Å². The molecule has 0 aliphatic carbocycles. The van der Waals surface area contributed by atoms with Crippen molar-refractivity contribution in [3.05, 3.63) is 18.2 Å². The Hall–Kier alpha value is -1.40. The maximum atomic E-state index is 11.1. The molecule has 1 saturated heterocycles. The molecule has 1 aromatic rings. The standard InChI is InChI=1S/C12H20N4O2/c1-14-3-5-16(6-4-14)10(7-12(17)18)11-8-13-9-15(11)2/h8-10H,3-7H2,1-2H3,(H,17,18). The van der Waals surface area contributed by atoms with Gasteiger partial charge < -0.3 is 14.6 Å². The van der Waals surface area contributed by atoms with Crippen LogP contribution >= 0.6 is 0 Å². The molecule has 1 aliphatic rings. The van der Waals surface area contributed by atoms with Gasteiger partial charge in [0.25, 0.3) is 0 Å². The summed E-state index contributed by atoms with van der Waals surface area (Å²) in [5.74, 6) is -0.764. The van der Waals surface area contributed by atoms with Crippen LogP contribution in [0.5, 0.6) is 0 Å². The minimum absolute atomic E-state index is 0.0799. The zero-order chi connectivity index (χ0) is 13.1. The lowest BCUT2D eigenvalue weighted by atomic mass is 10.1. The molecule has 0 aromatic carbocycles. The number of piperazine rings is 1. The highest BCUT2D eigenvalue weighted by Crippen LogP contribution is 2.24. The molecule has 0 bridgehead atoms. The van der Waals surface area contributed by atoms with E-state index in [4.69, 9.17) is 5.11 Å². The first-order chi connectivity index (χ1) is 8.58. The minimum atomic E-state index is -0.764. The van der Waals surface area contributed by atoms with Gasteiger partial charge in [-0.3, -0.25) is 9.69 Å². The van der Waals surface area contributed by atoms with Crippen molar-refractivity contribution in [3.63, 3.8) is 0 Å². The normalized spacial score (nSPS) is 19.9. The maximum Gasteiger partial charge on any atom is 0.305 e. The molecule has 1 N–H and O–H groups in total. The lowest BCUT2D eigenvalue weighted by molar-refractivity contribution is -0.138. The molecule has 1 atom stereocenters. The Morgan fingerprint density at radius 3 is 2.56 bits per heavy atom. The number of carboxylic acids is 1. The number of imidazole rings is 1. The van der Waals surface area contributed by atoms with Gasteiger partial charge in [-0.25, -0.2) is 4.98 Å². The van der Waals surface area contributed by atoms with Gasteiger partial charge in [0.2, 0.25) is 0 Å². The van der Waals surface area contributed by atoms with Crippen molar-refractivity contribution in [1.29, 1.82) is 0 Å². The quantitative estimate of drug-likeness (QED) is 0.828. The number of carboxylic acid groups (broad SMARTS) is 1. The number of nitrogens with zero attached hydrogens (tertiary/aromatic N) is 4. The first-order valence-corrected chi connectivity index (χ1v) is 6.18. The van der Waals surface area contributed by atoms with E-state index < -0.39 is 5.97 Å². The van der Waals surface area contributed by atoms with E-state index in [-0.39, 0.29) is 12.5 Å². The highest BCUT2D eigenvalue weighted by atomic mass is 16.4. The number of hydrogen-bond donors (Lipinski definition) is 1. The highest BCUT2D eigenvalue weighted by Gasteiger charge is 2.27. The van der Waals surface area contributed by atoms with Crippen molar-refractivity contribution in [1.82, 2.24) is 19.4 Å². The van der Waals surface area contributed by atoms with Crippen LogP contribution in [0.3, 0.4) is 0 Å². The second-order valence-corrected chi connectivity index (χ2v) is 4.88. The van der Waals surface area contributed by atoms with Gasteiger partial charge in [-0.15, -0.1) is 0 Å². The summed E-state index contributed by atoms with van der Waals surface area (Å²) in [6.07, 6.45) is 3.62. The van der Waals surface area contributed by atoms with E-state index in [0.717, 1.165) is 31.9 Å². The van der Waals surface area contributed by atoms with Gasteiger partial charge in [0, 0.05) is 39.4 Å². The van der Waals surface area contributed by atoms with Gasteiger partial charge in [-0.1, -0.05) is 0 Å². The molecular weight excluding hydrogens is 232 g/mol. The molecule has 1 aliphatic heterocycles. The summed E-state index contributed by atoms with van der Waals surface area (Å²) in [5.41, 5.74) is 0.974. The molecule has 0 amide bonds. The largest absolute Gasteiger partial charge is 0.481 e. The topological polar surface area (TPSA) is 61.6 Å². The Morgan fingerprint density at radius 1 is 1.39 bits per heavy atom. The first-order valence-electron chi connectivity index (χ1n) is 6.18. The van der Waals surface area contributed by atoms with E-state index in [2.05, 4.69) is 21.8 Å². The summed E-state index contributed by atoms with van der Waals surface area (Å²) in [4.78, 5) is 19.7. The molecule has 2 rings (SSSR count). The minimum Gasteiger partial charge on any atom is -0.481 e. The van der Waals surface area contributed by atoms with Gasteiger partial charge in [0.05, 0.1) is 24.5 Å². The number of likely N-dealkylation sites (N-methyl/N-ethyl adjacent to an activating group) is 1. The summed E-state index contributed by atoms with van der Waals surface area (Å²) in [5, 5.41) is 9.09. The van der Waals surface area contributed by atoms with Crippen molar-refractivity contribution in [2.45, 2.75) is 12.5 Å². The Balaban J connectivity index is 2.15. The van der Waals surface area contributed by atoms with Crippen LogP contribution in [0.1, 0.15) is 18.2 Å². The molecule has 0 radical (unpaired) electrons. The van der Waals surface area contributed by atoms with Crippen molar-refractivity contribution in [2.75, 3.05) is 33.2 Å². The highest BCUT2D eigenvalue weighted by molar-refractivity contribution is 5.67. The molecule has 1 fully saturated rings. The molecule has 100 valence electrons. The van der Waals surface area contributed by atoms with Crippen molar-refractivity contribution in [3.8, 4) is 0 Å². The predicted octanol–water partition coefficient (Wildman–Crippen LogP) is 0.183. The fraction of sp³-hybridized carbons (Fsp3) is 0.667. The summed E-state index contributed by atoms with van der Waals surface area (Å²) in [6, 6.07) is -0.0799. The van der Waals surface area contributed by atoms with Gasteiger partial charge in [0.1, 0.15) is 0 Å². The first kappa shape index (κ1) is 13.0. The van der Waals surface area contributed by atoms with E-state index in [1.807, 2.05) is 11.6 Å². The van der Waals surface area contributed by atoms with Gasteiger partial charge in [0.15, 0.2) is 0 Å². The van der Waals surface area contributed by atoms with Crippen molar-refractivity contribution in [2.24, 2.45) is 7.05 Å². The number of aromatic nitrogens is 2. The van der Waals surface area contributed by atoms with Gasteiger partial charge >= 0.3 is 5.97 Å². The lowest BCUT2D eigenvalue weighted by Crippen LogP contribution is -2.46. The van der Waals surface area contributed by atoms with Crippen LogP contribution in [-0.4, -0.2) is 63.7 Å². The maximum absolute atomic E-state index is 11.1. The Bertz CT molecular complexity index is 410. The number of aliphatic carboxylic acids is 1. The monoisotopic (exact) mass is 252 g/mol. The molecule has 6 nitrogen and oxygen atoms in total. The summed E-state index contributed by atoms with van der Waals surface area (Å²) < 4.78 is 1.91. The fourth-order valence-corrected chi connectivity index (χ4v) is 2.41. The van der Waals surface area contributed by atoms with Crippen molar-refractivity contribution < 1.29 is 9.90 Å².